The van der Waals surface area contributed by atoms with E-state index >= 15 is 0 Å². The van der Waals surface area contributed by atoms with Crippen LogP contribution in [0.3, 0.4) is 0 Å². The van der Waals surface area contributed by atoms with Crippen molar-refractivity contribution in [3.8, 4) is 11.6 Å². The molecule has 150 valence electrons. The first-order valence-corrected chi connectivity index (χ1v) is 8.26. The smallest absolute Gasteiger partial charge is 0.341 e. The molecule has 0 unspecified atom stereocenters. The minimum absolute atomic E-state index is 0. The van der Waals surface area contributed by atoms with Crippen LogP contribution in [0.25, 0.3) is 11.6 Å². The fourth-order valence-corrected chi connectivity index (χ4v) is 2.77. The molecule has 0 radical (unpaired) electrons. The van der Waals surface area contributed by atoms with E-state index in [2.05, 4.69) is 32.6 Å². The summed E-state index contributed by atoms with van der Waals surface area (Å²) in [5, 5.41) is 7.25. The third-order valence-electron chi connectivity index (χ3n) is 4.24. The van der Waals surface area contributed by atoms with Crippen molar-refractivity contribution in [1.82, 2.24) is 29.5 Å². The minimum Gasteiger partial charge on any atom is -0.341 e. The van der Waals surface area contributed by atoms with Gasteiger partial charge in [-0.15, -0.1) is 12.1 Å². The van der Waals surface area contributed by atoms with E-state index in [1.165, 1.54) is 12.1 Å². The van der Waals surface area contributed by atoms with E-state index in [9.17, 15) is 13.2 Å². The zero-order valence-electron chi connectivity index (χ0n) is 15.2. The molecule has 4 heterocycles. The average Bonchev–Trinajstić information content (AvgIpc) is 3.30. The van der Waals surface area contributed by atoms with Gasteiger partial charge >= 0.3 is 21.1 Å². The van der Waals surface area contributed by atoms with E-state index in [0.717, 1.165) is 21.5 Å². The summed E-state index contributed by atoms with van der Waals surface area (Å²) >= 11 is 0. The maximum Gasteiger partial charge on any atom is 2.00 e. The zero-order valence-corrected chi connectivity index (χ0v) is 17.4. The van der Waals surface area contributed by atoms with Gasteiger partial charge in [-0.05, 0) is 26.0 Å². The Morgan fingerprint density at radius 1 is 0.828 bits per heavy atom. The number of rotatable bonds is 4. The maximum atomic E-state index is 14.6. The normalized spacial score (nSPS) is 11.3. The van der Waals surface area contributed by atoms with Gasteiger partial charge in [-0.2, -0.15) is 0 Å². The Labute approximate surface area is 178 Å². The first-order valence-electron chi connectivity index (χ1n) is 8.26. The fraction of sp³-hybridized carbons (Fsp3) is 0.158. The molecule has 0 spiro atoms. The SMILES string of the molecule is CC(C)(c1cccc(-n2[c-]cc(F)n2)n1)c1nc(-n2[c-]cc(F)n2)ccc1F.[Pt+2]. The zero-order chi connectivity index (χ0) is 19.9. The second-order valence-corrected chi connectivity index (χ2v) is 6.52. The van der Waals surface area contributed by atoms with Gasteiger partial charge in [0.2, 0.25) is 0 Å². The number of pyridine rings is 2. The number of hydrogen-bond acceptors (Lipinski definition) is 4. The summed E-state index contributed by atoms with van der Waals surface area (Å²) < 4.78 is 43.3. The number of aromatic nitrogens is 6. The Balaban J connectivity index is 0.00000240. The van der Waals surface area contributed by atoms with Gasteiger partial charge in [0, 0.05) is 11.1 Å². The van der Waals surface area contributed by atoms with Crippen molar-refractivity contribution in [3.05, 3.63) is 84.0 Å². The van der Waals surface area contributed by atoms with E-state index in [1.807, 2.05) is 0 Å². The van der Waals surface area contributed by atoms with Crippen LogP contribution in [0.4, 0.5) is 13.2 Å². The van der Waals surface area contributed by atoms with E-state index in [0.29, 0.717) is 11.5 Å². The molecule has 0 aliphatic heterocycles. The second-order valence-electron chi connectivity index (χ2n) is 6.52. The summed E-state index contributed by atoms with van der Waals surface area (Å²) in [6.45, 7) is 3.49. The molecule has 0 saturated heterocycles. The van der Waals surface area contributed by atoms with Crippen LogP contribution >= 0.6 is 0 Å². The fourth-order valence-electron chi connectivity index (χ4n) is 2.77. The van der Waals surface area contributed by atoms with Gasteiger partial charge in [0.05, 0.1) is 17.3 Å². The Kier molecular flexibility index (Phi) is 5.70. The van der Waals surface area contributed by atoms with Gasteiger partial charge in [0.1, 0.15) is 17.7 Å². The van der Waals surface area contributed by atoms with E-state index in [-0.39, 0.29) is 32.6 Å². The maximum absolute atomic E-state index is 14.6. The summed E-state index contributed by atoms with van der Waals surface area (Å²) in [6, 6.07) is 9.79. The van der Waals surface area contributed by atoms with Crippen molar-refractivity contribution in [2.24, 2.45) is 0 Å². The first-order chi connectivity index (χ1) is 13.3. The van der Waals surface area contributed by atoms with Crippen LogP contribution < -0.4 is 0 Å². The molecule has 10 heteroatoms. The van der Waals surface area contributed by atoms with E-state index < -0.39 is 23.1 Å². The van der Waals surface area contributed by atoms with Gasteiger partial charge in [-0.1, -0.05) is 30.6 Å². The number of nitrogens with zero attached hydrogens (tertiary/aromatic N) is 6. The number of hydrogen-bond donors (Lipinski definition) is 0. The monoisotopic (exact) mass is 577 g/mol. The van der Waals surface area contributed by atoms with Gasteiger partial charge in [0.25, 0.3) is 0 Å². The van der Waals surface area contributed by atoms with Gasteiger partial charge in [0.15, 0.2) is 0 Å². The van der Waals surface area contributed by atoms with Crippen LogP contribution in [-0.2, 0) is 26.5 Å². The van der Waals surface area contributed by atoms with Gasteiger partial charge in [-0.3, -0.25) is 18.7 Å². The Bertz CT molecular complexity index is 1150. The molecule has 0 fully saturated rings. The molecule has 4 aromatic heterocycles. The Hall–Kier alpha value is -2.80. The largest absolute Gasteiger partial charge is 2.00 e. The summed E-state index contributed by atoms with van der Waals surface area (Å²) in [7, 11) is 0. The van der Waals surface area contributed by atoms with Crippen LogP contribution in [0.1, 0.15) is 25.2 Å². The quantitative estimate of drug-likeness (QED) is 0.350. The third-order valence-corrected chi connectivity index (χ3v) is 4.24. The molecule has 0 aliphatic carbocycles. The van der Waals surface area contributed by atoms with Crippen LogP contribution in [0, 0.1) is 30.1 Å². The van der Waals surface area contributed by atoms with Crippen LogP contribution in [0.15, 0.2) is 42.5 Å². The molecule has 0 bridgehead atoms. The van der Waals surface area contributed by atoms with Crippen molar-refractivity contribution < 1.29 is 34.2 Å². The average molecular weight is 577 g/mol. The summed E-state index contributed by atoms with van der Waals surface area (Å²) in [5.74, 6) is -1.41. The van der Waals surface area contributed by atoms with Gasteiger partial charge in [-0.25, -0.2) is 14.6 Å². The molecule has 0 saturated carbocycles. The molecule has 0 atom stereocenters. The Morgan fingerprint density at radius 2 is 1.41 bits per heavy atom. The van der Waals surface area contributed by atoms with Gasteiger partial charge < -0.3 is 9.36 Å². The summed E-state index contributed by atoms with van der Waals surface area (Å²) in [5.41, 5.74) is -0.392. The second kappa shape index (κ2) is 7.91. The van der Waals surface area contributed by atoms with Crippen LogP contribution in [0.5, 0.6) is 0 Å². The molecule has 4 aromatic rings. The van der Waals surface area contributed by atoms with Crippen LogP contribution in [0.2, 0.25) is 0 Å². The van der Waals surface area contributed by atoms with Crippen LogP contribution in [-0.4, -0.2) is 29.5 Å². The van der Waals surface area contributed by atoms with Crippen molar-refractivity contribution in [3.63, 3.8) is 0 Å². The van der Waals surface area contributed by atoms with E-state index in [1.54, 1.807) is 32.0 Å². The molecule has 6 nitrogen and oxygen atoms in total. The summed E-state index contributed by atoms with van der Waals surface area (Å²) in [4.78, 5) is 8.77. The molecule has 0 amide bonds. The predicted octanol–water partition coefficient (Wildman–Crippen LogP) is 3.19. The standard InChI is InChI=1S/C19H13F3N6.Pt/c1-19(2,13-4-3-5-16(23-13)27-10-8-14(21)25-27)18-12(20)6-7-17(24-18)28-11-9-15(22)26-28;/h3-9H,1-2H3;/q-2;+2. The number of halogens is 3. The third kappa shape index (κ3) is 4.00. The molecular formula is C19H13F3N6Pt. The molecule has 29 heavy (non-hydrogen) atoms. The minimum atomic E-state index is -0.965. The summed E-state index contributed by atoms with van der Waals surface area (Å²) in [6.07, 6.45) is 5.18. The van der Waals surface area contributed by atoms with Crippen molar-refractivity contribution in [2.45, 2.75) is 19.3 Å². The van der Waals surface area contributed by atoms with E-state index in [4.69, 9.17) is 0 Å². The molecule has 0 aromatic carbocycles. The topological polar surface area (TPSA) is 61.4 Å². The van der Waals surface area contributed by atoms with Crippen molar-refractivity contribution in [2.75, 3.05) is 0 Å². The van der Waals surface area contributed by atoms with Crippen molar-refractivity contribution in [1.29, 1.82) is 0 Å². The van der Waals surface area contributed by atoms with Crippen molar-refractivity contribution >= 4 is 0 Å². The molecule has 4 rings (SSSR count). The molecular weight excluding hydrogens is 564 g/mol. The molecule has 0 aliphatic rings. The Morgan fingerprint density at radius 3 is 1.97 bits per heavy atom. The first kappa shape index (κ1) is 20.9. The predicted molar refractivity (Wildman–Crippen MR) is 92.4 cm³/mol. The molecule has 0 N–H and O–H groups in total.